The summed E-state index contributed by atoms with van der Waals surface area (Å²) in [5.41, 5.74) is 1.32. The number of amides is 1. The minimum absolute atomic E-state index is 0.00658. The highest BCUT2D eigenvalue weighted by Gasteiger charge is 2.18. The van der Waals surface area contributed by atoms with Crippen LogP contribution in [0.15, 0.2) is 77.8 Å². The van der Waals surface area contributed by atoms with Crippen LogP contribution in [0.4, 0.5) is 5.69 Å². The molecular weight excluding hydrogens is 624 g/mol. The Morgan fingerprint density at radius 2 is 1.77 bits per heavy atom. The first-order chi connectivity index (χ1) is 20.8. The van der Waals surface area contributed by atoms with Crippen LogP contribution < -0.4 is 14.8 Å². The molecule has 0 aliphatic carbocycles. The van der Waals surface area contributed by atoms with Gasteiger partial charge in [0.2, 0.25) is 0 Å². The summed E-state index contributed by atoms with van der Waals surface area (Å²) >= 11 is 7.45. The molecule has 1 amide bonds. The molecule has 0 unspecified atom stereocenters. The summed E-state index contributed by atoms with van der Waals surface area (Å²) < 4.78 is 36.7. The standard InChI is InChI=1S/C32H33ClN2O7S2/c1-32(2,3)28-18-34-29(43-28)19-41-24-8-4-7-22(17-24)31(38)35-26-16-21(9-14-27(26)42-20-30(36)37)6-5-15-44(39,40)25-12-10-23(33)11-13-25/h4,7-14,16-18H,5-6,15,19-20H2,1-3H3,(H,35,38)(H,36,37). The van der Waals surface area contributed by atoms with Crippen LogP contribution in [0.2, 0.25) is 5.02 Å². The van der Waals surface area contributed by atoms with Crippen molar-refractivity contribution >= 4 is 50.3 Å². The zero-order valence-electron chi connectivity index (χ0n) is 24.5. The second-order valence-corrected chi connectivity index (χ2v) is 14.7. The normalized spacial score (nSPS) is 11.6. The molecule has 0 aliphatic rings. The number of rotatable bonds is 13. The molecule has 0 aliphatic heterocycles. The Morgan fingerprint density at radius 1 is 1.02 bits per heavy atom. The second-order valence-electron chi connectivity index (χ2n) is 11.0. The molecule has 4 aromatic rings. The van der Waals surface area contributed by atoms with E-state index in [0.29, 0.717) is 29.2 Å². The number of thiazole rings is 1. The number of benzene rings is 3. The van der Waals surface area contributed by atoms with E-state index in [1.165, 1.54) is 24.3 Å². The van der Waals surface area contributed by atoms with E-state index in [1.807, 2.05) is 6.20 Å². The summed E-state index contributed by atoms with van der Waals surface area (Å²) in [6, 6.07) is 17.6. The molecule has 0 saturated carbocycles. The average molecular weight is 657 g/mol. The number of carbonyl (C=O) groups excluding carboxylic acids is 1. The molecule has 12 heteroatoms. The number of halogens is 1. The summed E-state index contributed by atoms with van der Waals surface area (Å²) in [5, 5.41) is 13.2. The number of carboxylic acids is 1. The van der Waals surface area contributed by atoms with Gasteiger partial charge in [-0.2, -0.15) is 0 Å². The van der Waals surface area contributed by atoms with Crippen molar-refractivity contribution in [1.29, 1.82) is 0 Å². The van der Waals surface area contributed by atoms with Gasteiger partial charge in [0.25, 0.3) is 5.91 Å². The van der Waals surface area contributed by atoms with Gasteiger partial charge in [-0.05, 0) is 78.4 Å². The SMILES string of the molecule is CC(C)(C)c1cnc(COc2cccc(C(=O)Nc3cc(CCCS(=O)(=O)c4ccc(Cl)cc4)ccc3OCC(=O)O)c2)s1. The minimum atomic E-state index is -3.50. The number of ether oxygens (including phenoxy) is 2. The number of aryl methyl sites for hydroxylation is 1. The third kappa shape index (κ3) is 9.28. The lowest BCUT2D eigenvalue weighted by Crippen LogP contribution is -2.15. The number of aromatic nitrogens is 1. The van der Waals surface area contributed by atoms with Crippen LogP contribution >= 0.6 is 22.9 Å². The summed E-state index contributed by atoms with van der Waals surface area (Å²) in [4.78, 5) is 30.1. The van der Waals surface area contributed by atoms with Gasteiger partial charge in [-0.3, -0.25) is 4.79 Å². The molecule has 4 rings (SSSR count). The number of aliphatic carboxylic acids is 1. The molecular formula is C32H33ClN2O7S2. The number of anilines is 1. The van der Waals surface area contributed by atoms with Gasteiger partial charge < -0.3 is 19.9 Å². The van der Waals surface area contributed by atoms with Crippen LogP contribution in [-0.2, 0) is 33.1 Å². The first-order valence-electron chi connectivity index (χ1n) is 13.8. The van der Waals surface area contributed by atoms with Crippen molar-refractivity contribution in [2.24, 2.45) is 0 Å². The number of carboxylic acid groups (broad SMARTS) is 1. The van der Waals surface area contributed by atoms with Crippen molar-refractivity contribution < 1.29 is 32.6 Å². The molecule has 0 saturated heterocycles. The van der Waals surface area contributed by atoms with E-state index >= 15 is 0 Å². The molecule has 3 aromatic carbocycles. The summed E-state index contributed by atoms with van der Waals surface area (Å²) in [6.45, 7) is 6.02. The molecule has 232 valence electrons. The fraction of sp³-hybridized carbons (Fsp3) is 0.281. The topological polar surface area (TPSA) is 132 Å². The lowest BCUT2D eigenvalue weighted by atomic mass is 9.96. The van der Waals surface area contributed by atoms with Gasteiger partial charge in [-0.1, -0.05) is 44.5 Å². The molecule has 9 nitrogen and oxygen atoms in total. The zero-order valence-corrected chi connectivity index (χ0v) is 26.9. The third-order valence-corrected chi connectivity index (χ3v) is 9.91. The number of carbonyl (C=O) groups is 2. The van der Waals surface area contributed by atoms with Gasteiger partial charge in [0, 0.05) is 21.7 Å². The van der Waals surface area contributed by atoms with Crippen LogP contribution in [0.5, 0.6) is 11.5 Å². The van der Waals surface area contributed by atoms with E-state index in [2.05, 4.69) is 31.1 Å². The maximum atomic E-state index is 13.2. The van der Waals surface area contributed by atoms with Gasteiger partial charge in [0.1, 0.15) is 23.1 Å². The van der Waals surface area contributed by atoms with E-state index in [-0.39, 0.29) is 34.1 Å². The lowest BCUT2D eigenvalue weighted by molar-refractivity contribution is -0.139. The summed E-state index contributed by atoms with van der Waals surface area (Å²) in [7, 11) is -3.50. The smallest absolute Gasteiger partial charge is 0.341 e. The Kier molecular flexibility index (Phi) is 10.7. The van der Waals surface area contributed by atoms with Crippen LogP contribution in [-0.4, -0.2) is 42.7 Å². The van der Waals surface area contributed by atoms with Gasteiger partial charge in [0.15, 0.2) is 16.4 Å². The monoisotopic (exact) mass is 656 g/mol. The lowest BCUT2D eigenvalue weighted by Gasteiger charge is -2.14. The molecule has 1 heterocycles. The summed E-state index contributed by atoms with van der Waals surface area (Å²) in [5.74, 6) is -1.05. The fourth-order valence-electron chi connectivity index (χ4n) is 4.11. The van der Waals surface area contributed by atoms with Crippen molar-refractivity contribution in [1.82, 2.24) is 4.98 Å². The van der Waals surface area contributed by atoms with Crippen LogP contribution in [0.25, 0.3) is 0 Å². The number of hydrogen-bond acceptors (Lipinski definition) is 8. The van der Waals surface area contributed by atoms with Gasteiger partial charge in [-0.15, -0.1) is 11.3 Å². The van der Waals surface area contributed by atoms with Crippen molar-refractivity contribution in [3.63, 3.8) is 0 Å². The van der Waals surface area contributed by atoms with Crippen molar-refractivity contribution in [2.45, 2.75) is 50.5 Å². The molecule has 0 spiro atoms. The Labute approximate surface area is 265 Å². The molecule has 0 atom stereocenters. The average Bonchev–Trinajstić information content (AvgIpc) is 3.46. The predicted octanol–water partition coefficient (Wildman–Crippen LogP) is 6.80. The highest BCUT2D eigenvalue weighted by molar-refractivity contribution is 7.91. The first kappa shape index (κ1) is 33.0. The van der Waals surface area contributed by atoms with Crippen molar-refractivity contribution in [3.05, 3.63) is 99.0 Å². The highest BCUT2D eigenvalue weighted by Crippen LogP contribution is 2.30. The van der Waals surface area contributed by atoms with Crippen LogP contribution in [0.1, 0.15) is 53.0 Å². The number of hydrogen-bond donors (Lipinski definition) is 2. The van der Waals surface area contributed by atoms with Crippen molar-refractivity contribution in [3.8, 4) is 11.5 Å². The maximum absolute atomic E-state index is 13.2. The number of nitrogens with zero attached hydrogens (tertiary/aromatic N) is 1. The first-order valence-corrected chi connectivity index (χ1v) is 16.6. The largest absolute Gasteiger partial charge is 0.486 e. The summed E-state index contributed by atoms with van der Waals surface area (Å²) in [6.07, 6.45) is 2.57. The van der Waals surface area contributed by atoms with E-state index in [1.54, 1.807) is 53.8 Å². The van der Waals surface area contributed by atoms with E-state index in [0.717, 1.165) is 15.4 Å². The van der Waals surface area contributed by atoms with Gasteiger partial charge in [0.05, 0.1) is 16.3 Å². The molecule has 0 radical (unpaired) electrons. The zero-order chi connectivity index (χ0) is 31.9. The van der Waals surface area contributed by atoms with Crippen LogP contribution in [0.3, 0.4) is 0 Å². The molecule has 1 aromatic heterocycles. The fourth-order valence-corrected chi connectivity index (χ4v) is 6.44. The van der Waals surface area contributed by atoms with Crippen LogP contribution in [0, 0.1) is 0 Å². The maximum Gasteiger partial charge on any atom is 0.341 e. The van der Waals surface area contributed by atoms with Gasteiger partial charge >= 0.3 is 5.97 Å². The highest BCUT2D eigenvalue weighted by atomic mass is 35.5. The minimum Gasteiger partial charge on any atom is -0.486 e. The molecule has 2 N–H and O–H groups in total. The third-order valence-electron chi connectivity index (χ3n) is 6.45. The molecule has 0 fully saturated rings. The number of sulfone groups is 1. The van der Waals surface area contributed by atoms with Crippen molar-refractivity contribution in [2.75, 3.05) is 17.7 Å². The number of nitrogens with one attached hydrogen (secondary N) is 1. The molecule has 44 heavy (non-hydrogen) atoms. The van der Waals surface area contributed by atoms with E-state index in [4.69, 9.17) is 26.2 Å². The second kappa shape index (κ2) is 14.2. The van der Waals surface area contributed by atoms with Gasteiger partial charge in [-0.25, -0.2) is 18.2 Å². The van der Waals surface area contributed by atoms with E-state index < -0.39 is 28.3 Å². The quantitative estimate of drug-likeness (QED) is 0.161. The Balaban J connectivity index is 1.44. The predicted molar refractivity (Wildman–Crippen MR) is 171 cm³/mol. The Hall–Kier alpha value is -3.93. The Bertz CT molecular complexity index is 1730. The van der Waals surface area contributed by atoms with E-state index in [9.17, 15) is 18.0 Å². The molecule has 0 bridgehead atoms. The Morgan fingerprint density at radius 3 is 2.45 bits per heavy atom.